The van der Waals surface area contributed by atoms with Gasteiger partial charge in [0.25, 0.3) is 0 Å². The molecule has 82 valence electrons. The molecule has 1 rings (SSSR count). The van der Waals surface area contributed by atoms with E-state index >= 15 is 0 Å². The van der Waals surface area contributed by atoms with Crippen LogP contribution in [0.5, 0.6) is 0 Å². The molecule has 0 aromatic heterocycles. The number of carbonyl (C=O) groups excluding carboxylic acids is 1. The van der Waals surface area contributed by atoms with Gasteiger partial charge in [0.15, 0.2) is 0 Å². The molecule has 0 aromatic rings. The van der Waals surface area contributed by atoms with Gasteiger partial charge in [0, 0.05) is 19.0 Å². The van der Waals surface area contributed by atoms with Gasteiger partial charge in [-0.1, -0.05) is 27.7 Å². The van der Waals surface area contributed by atoms with Gasteiger partial charge in [-0.05, 0) is 24.7 Å². The molecule has 0 spiro atoms. The maximum absolute atomic E-state index is 11.8. The molecule has 0 bridgehead atoms. The third kappa shape index (κ3) is 2.73. The van der Waals surface area contributed by atoms with Crippen molar-refractivity contribution in [3.63, 3.8) is 0 Å². The summed E-state index contributed by atoms with van der Waals surface area (Å²) in [6.45, 7) is 9.73. The molecule has 1 fully saturated rings. The average Bonchev–Trinajstić information content (AvgIpc) is 2.07. The van der Waals surface area contributed by atoms with Gasteiger partial charge < -0.3 is 4.90 Å². The van der Waals surface area contributed by atoms with E-state index in [-0.39, 0.29) is 0 Å². The van der Waals surface area contributed by atoms with Crippen molar-refractivity contribution in [2.75, 3.05) is 6.54 Å². The zero-order chi connectivity index (χ0) is 10.7. The molecule has 14 heavy (non-hydrogen) atoms. The SMILES string of the molecule is CC(C)CN1C(=O)CCCC1C(C)C. The van der Waals surface area contributed by atoms with Gasteiger partial charge in [-0.2, -0.15) is 0 Å². The van der Waals surface area contributed by atoms with Crippen LogP contribution in [0.1, 0.15) is 47.0 Å². The van der Waals surface area contributed by atoms with Gasteiger partial charge in [0.2, 0.25) is 5.91 Å². The van der Waals surface area contributed by atoms with Crippen molar-refractivity contribution in [3.8, 4) is 0 Å². The summed E-state index contributed by atoms with van der Waals surface area (Å²) in [5.41, 5.74) is 0. The Morgan fingerprint density at radius 3 is 2.50 bits per heavy atom. The number of piperidine rings is 1. The summed E-state index contributed by atoms with van der Waals surface area (Å²) in [6.07, 6.45) is 3.03. The predicted molar refractivity (Wildman–Crippen MR) is 59.0 cm³/mol. The maximum Gasteiger partial charge on any atom is 0.222 e. The van der Waals surface area contributed by atoms with Crippen LogP contribution in [0, 0.1) is 11.8 Å². The molecule has 0 aliphatic carbocycles. The lowest BCUT2D eigenvalue weighted by Gasteiger charge is -2.39. The summed E-state index contributed by atoms with van der Waals surface area (Å²) in [4.78, 5) is 13.9. The Kier molecular flexibility index (Phi) is 3.97. The molecule has 1 unspecified atom stereocenters. The van der Waals surface area contributed by atoms with E-state index in [1.165, 1.54) is 6.42 Å². The second-order valence-corrected chi connectivity index (χ2v) is 5.14. The van der Waals surface area contributed by atoms with Crippen LogP contribution in [0.2, 0.25) is 0 Å². The fourth-order valence-corrected chi connectivity index (χ4v) is 2.27. The first kappa shape index (κ1) is 11.5. The summed E-state index contributed by atoms with van der Waals surface area (Å²) in [5, 5.41) is 0. The zero-order valence-corrected chi connectivity index (χ0v) is 9.92. The first-order valence-electron chi connectivity index (χ1n) is 5.81. The van der Waals surface area contributed by atoms with Crippen molar-refractivity contribution in [2.45, 2.75) is 53.0 Å². The molecule has 1 aliphatic heterocycles. The highest BCUT2D eigenvalue weighted by atomic mass is 16.2. The Hall–Kier alpha value is -0.530. The molecule has 1 atom stereocenters. The van der Waals surface area contributed by atoms with Crippen molar-refractivity contribution in [3.05, 3.63) is 0 Å². The number of amides is 1. The molecular formula is C12H23NO. The van der Waals surface area contributed by atoms with Crippen LogP contribution in [0.25, 0.3) is 0 Å². The van der Waals surface area contributed by atoms with Crippen LogP contribution < -0.4 is 0 Å². The second-order valence-electron chi connectivity index (χ2n) is 5.14. The number of hydrogen-bond donors (Lipinski definition) is 0. The lowest BCUT2D eigenvalue weighted by molar-refractivity contribution is -0.138. The Balaban J connectivity index is 2.66. The standard InChI is InChI=1S/C12H23NO/c1-9(2)8-13-11(10(3)4)6-5-7-12(13)14/h9-11H,5-8H2,1-4H3. The minimum atomic E-state index is 0.364. The minimum absolute atomic E-state index is 0.364. The summed E-state index contributed by atoms with van der Waals surface area (Å²) >= 11 is 0. The first-order chi connectivity index (χ1) is 6.52. The van der Waals surface area contributed by atoms with Crippen LogP contribution >= 0.6 is 0 Å². The molecule has 0 saturated carbocycles. The number of nitrogens with zero attached hydrogens (tertiary/aromatic N) is 1. The molecule has 2 heteroatoms. The van der Waals surface area contributed by atoms with Gasteiger partial charge in [0.05, 0.1) is 0 Å². The van der Waals surface area contributed by atoms with Crippen LogP contribution in [-0.2, 0) is 4.79 Å². The van der Waals surface area contributed by atoms with Crippen LogP contribution in [0.4, 0.5) is 0 Å². The predicted octanol–water partition coefficient (Wildman–Crippen LogP) is 2.68. The Bertz CT molecular complexity index is 198. The van der Waals surface area contributed by atoms with E-state index in [0.29, 0.717) is 23.8 Å². The second kappa shape index (κ2) is 4.81. The number of hydrogen-bond acceptors (Lipinski definition) is 1. The molecule has 1 amide bonds. The van der Waals surface area contributed by atoms with E-state index < -0.39 is 0 Å². The number of rotatable bonds is 3. The third-order valence-corrected chi connectivity index (χ3v) is 2.94. The van der Waals surface area contributed by atoms with Crippen molar-refractivity contribution >= 4 is 5.91 Å². The van der Waals surface area contributed by atoms with E-state index in [0.717, 1.165) is 19.4 Å². The van der Waals surface area contributed by atoms with E-state index in [9.17, 15) is 4.79 Å². The maximum atomic E-state index is 11.8. The molecule has 0 aromatic carbocycles. The highest BCUT2D eigenvalue weighted by Crippen LogP contribution is 2.24. The molecule has 0 radical (unpaired) electrons. The molecule has 2 nitrogen and oxygen atoms in total. The highest BCUT2D eigenvalue weighted by Gasteiger charge is 2.29. The van der Waals surface area contributed by atoms with E-state index in [1.807, 2.05) is 0 Å². The quantitative estimate of drug-likeness (QED) is 0.681. The van der Waals surface area contributed by atoms with Gasteiger partial charge in [0.1, 0.15) is 0 Å². The Morgan fingerprint density at radius 2 is 2.00 bits per heavy atom. The fourth-order valence-electron chi connectivity index (χ4n) is 2.27. The smallest absolute Gasteiger partial charge is 0.222 e. The first-order valence-corrected chi connectivity index (χ1v) is 5.81. The Labute approximate surface area is 87.7 Å². The highest BCUT2D eigenvalue weighted by molar-refractivity contribution is 5.77. The van der Waals surface area contributed by atoms with Gasteiger partial charge in [-0.25, -0.2) is 0 Å². The molecule has 1 aliphatic rings. The van der Waals surface area contributed by atoms with Gasteiger partial charge in [-0.3, -0.25) is 4.79 Å². The molecule has 0 N–H and O–H groups in total. The van der Waals surface area contributed by atoms with Crippen molar-refractivity contribution < 1.29 is 4.79 Å². The topological polar surface area (TPSA) is 20.3 Å². The van der Waals surface area contributed by atoms with Gasteiger partial charge in [-0.15, -0.1) is 0 Å². The lowest BCUT2D eigenvalue weighted by atomic mass is 9.91. The largest absolute Gasteiger partial charge is 0.339 e. The molecule has 1 saturated heterocycles. The Morgan fingerprint density at radius 1 is 1.36 bits per heavy atom. The summed E-state index contributed by atoms with van der Waals surface area (Å²) in [5.74, 6) is 1.54. The summed E-state index contributed by atoms with van der Waals surface area (Å²) in [7, 11) is 0. The normalized spacial score (nSPS) is 23.7. The van der Waals surface area contributed by atoms with E-state index in [4.69, 9.17) is 0 Å². The monoisotopic (exact) mass is 197 g/mol. The zero-order valence-electron chi connectivity index (χ0n) is 9.92. The molecular weight excluding hydrogens is 174 g/mol. The lowest BCUT2D eigenvalue weighted by Crippen LogP contribution is -2.47. The van der Waals surface area contributed by atoms with Crippen molar-refractivity contribution in [1.29, 1.82) is 0 Å². The third-order valence-electron chi connectivity index (χ3n) is 2.94. The number of carbonyl (C=O) groups is 1. The molecule has 1 heterocycles. The van der Waals surface area contributed by atoms with E-state index in [2.05, 4.69) is 32.6 Å². The minimum Gasteiger partial charge on any atom is -0.339 e. The van der Waals surface area contributed by atoms with Crippen molar-refractivity contribution in [1.82, 2.24) is 4.90 Å². The number of likely N-dealkylation sites (tertiary alicyclic amines) is 1. The van der Waals surface area contributed by atoms with Crippen molar-refractivity contribution in [2.24, 2.45) is 11.8 Å². The van der Waals surface area contributed by atoms with E-state index in [1.54, 1.807) is 0 Å². The van der Waals surface area contributed by atoms with Crippen LogP contribution in [0.15, 0.2) is 0 Å². The summed E-state index contributed by atoms with van der Waals surface area (Å²) < 4.78 is 0. The van der Waals surface area contributed by atoms with Crippen LogP contribution in [-0.4, -0.2) is 23.4 Å². The average molecular weight is 197 g/mol. The summed E-state index contributed by atoms with van der Waals surface area (Å²) in [6, 6.07) is 0.485. The fraction of sp³-hybridized carbons (Fsp3) is 0.917. The van der Waals surface area contributed by atoms with Gasteiger partial charge >= 0.3 is 0 Å². The van der Waals surface area contributed by atoms with Crippen LogP contribution in [0.3, 0.4) is 0 Å².